The minimum Gasteiger partial charge on any atom is -0.348 e. The van der Waals surface area contributed by atoms with Crippen LogP contribution in [0.2, 0.25) is 0 Å². The van der Waals surface area contributed by atoms with E-state index in [0.717, 1.165) is 5.56 Å². The van der Waals surface area contributed by atoms with Crippen LogP contribution < -0.4 is 10.6 Å². The third kappa shape index (κ3) is 5.61. The van der Waals surface area contributed by atoms with Gasteiger partial charge in [-0.2, -0.15) is 13.2 Å². The summed E-state index contributed by atoms with van der Waals surface area (Å²) in [6.45, 7) is -0.508. The average Bonchev–Trinajstić information content (AvgIpc) is 3.25. The van der Waals surface area contributed by atoms with Crippen molar-refractivity contribution in [3.63, 3.8) is 0 Å². The van der Waals surface area contributed by atoms with Gasteiger partial charge in [0.15, 0.2) is 0 Å². The van der Waals surface area contributed by atoms with Crippen molar-refractivity contribution < 1.29 is 27.4 Å². The summed E-state index contributed by atoms with van der Waals surface area (Å²) in [5, 5.41) is 3.04. The molecule has 0 saturated carbocycles. The number of nitrogens with zero attached hydrogens (tertiary/aromatic N) is 4. The number of carbonyl (C=O) groups excluding carboxylic acids is 1. The summed E-state index contributed by atoms with van der Waals surface area (Å²) in [6, 6.07) is 6.41. The van der Waals surface area contributed by atoms with Gasteiger partial charge in [-0.1, -0.05) is 12.1 Å². The topological polar surface area (TPSA) is 99.8 Å². The number of likely N-dealkylation sites (tertiary alicyclic amines) is 1. The molecule has 0 aliphatic carbocycles. The number of aromatic nitrogens is 3. The molecule has 1 saturated heterocycles. The first kappa shape index (κ1) is 23.4. The van der Waals surface area contributed by atoms with E-state index in [1.165, 1.54) is 11.1 Å². The summed E-state index contributed by atoms with van der Waals surface area (Å²) in [6.07, 6.45) is 2.51. The summed E-state index contributed by atoms with van der Waals surface area (Å²) in [5.74, 6) is 0.169. The van der Waals surface area contributed by atoms with E-state index in [1.54, 1.807) is 47.3 Å². The van der Waals surface area contributed by atoms with Crippen molar-refractivity contribution in [2.24, 2.45) is 0 Å². The monoisotopic (exact) mass is 481 g/mol. The Kier molecular flexibility index (Phi) is 6.56. The van der Waals surface area contributed by atoms with Gasteiger partial charge in [-0.05, 0) is 43.6 Å². The Bertz CT molecular complexity index is 1170. The number of alkyl halides is 3. The number of hydrogen-bond donors (Lipinski definition) is 2. The standard InChI is InChI=1S/C21H23F3N5O3P/c22-21(23,24)14-28-8-5-18(6-9-28)33(31,32)17-3-1-15(2-4-17)11-26-19(30)16-12-27-20-25-7-10-29(20)13-16/h1-4,7,10,12-13,18H,5-6,8-9,11,14H2,(H,26,30)(H,31,32). The fourth-order valence-electron chi connectivity index (χ4n) is 3.94. The van der Waals surface area contributed by atoms with Gasteiger partial charge in [0, 0.05) is 42.3 Å². The van der Waals surface area contributed by atoms with Crippen LogP contribution in [0.4, 0.5) is 13.2 Å². The molecule has 2 aromatic heterocycles. The first-order valence-corrected chi connectivity index (χ1v) is 12.1. The van der Waals surface area contributed by atoms with Crippen LogP contribution in [0.15, 0.2) is 49.1 Å². The lowest BCUT2D eigenvalue weighted by Crippen LogP contribution is -2.42. The van der Waals surface area contributed by atoms with Gasteiger partial charge in [0.25, 0.3) is 5.91 Å². The fraction of sp³-hybridized carbons (Fsp3) is 0.381. The Balaban J connectivity index is 1.33. The van der Waals surface area contributed by atoms with Crippen LogP contribution in [0.3, 0.4) is 0 Å². The van der Waals surface area contributed by atoms with E-state index in [4.69, 9.17) is 0 Å². The first-order chi connectivity index (χ1) is 15.6. The summed E-state index contributed by atoms with van der Waals surface area (Å²) in [5.41, 5.74) is 0.538. The molecule has 8 nitrogen and oxygen atoms in total. The Labute approximate surface area is 187 Å². The lowest BCUT2D eigenvalue weighted by atomic mass is 10.1. The molecule has 3 aromatic rings. The maximum atomic E-state index is 13.0. The molecule has 0 spiro atoms. The van der Waals surface area contributed by atoms with E-state index in [2.05, 4.69) is 15.3 Å². The van der Waals surface area contributed by atoms with E-state index in [9.17, 15) is 27.4 Å². The van der Waals surface area contributed by atoms with Gasteiger partial charge in [0.1, 0.15) is 0 Å². The maximum Gasteiger partial charge on any atom is 0.401 e. The molecule has 1 amide bonds. The predicted molar refractivity (Wildman–Crippen MR) is 116 cm³/mol. The van der Waals surface area contributed by atoms with Gasteiger partial charge in [-0.25, -0.2) is 9.97 Å². The van der Waals surface area contributed by atoms with Gasteiger partial charge >= 0.3 is 6.18 Å². The number of piperidine rings is 1. The molecule has 4 rings (SSSR count). The van der Waals surface area contributed by atoms with Crippen LogP contribution in [0.1, 0.15) is 28.8 Å². The van der Waals surface area contributed by atoms with Crippen LogP contribution >= 0.6 is 7.37 Å². The quantitative estimate of drug-likeness (QED) is 0.525. The fourth-order valence-corrected chi connectivity index (χ4v) is 5.87. The number of carbonyl (C=O) groups is 1. The van der Waals surface area contributed by atoms with Crippen LogP contribution in [0, 0.1) is 0 Å². The highest BCUT2D eigenvalue weighted by molar-refractivity contribution is 7.66. The van der Waals surface area contributed by atoms with Crippen molar-refractivity contribution in [1.29, 1.82) is 0 Å². The highest BCUT2D eigenvalue weighted by Gasteiger charge is 2.38. The lowest BCUT2D eigenvalue weighted by Gasteiger charge is -2.34. The van der Waals surface area contributed by atoms with Crippen molar-refractivity contribution in [3.8, 4) is 0 Å². The molecule has 1 aromatic carbocycles. The molecule has 1 aliphatic heterocycles. The normalized spacial score (nSPS) is 17.7. The molecule has 3 heterocycles. The van der Waals surface area contributed by atoms with Crippen molar-refractivity contribution in [2.45, 2.75) is 31.2 Å². The molecule has 0 radical (unpaired) electrons. The van der Waals surface area contributed by atoms with Gasteiger partial charge in [-0.3, -0.25) is 18.7 Å². The van der Waals surface area contributed by atoms with Gasteiger partial charge in [0.2, 0.25) is 13.1 Å². The van der Waals surface area contributed by atoms with E-state index in [-0.39, 0.29) is 43.7 Å². The van der Waals surface area contributed by atoms with Crippen molar-refractivity contribution in [2.75, 3.05) is 19.6 Å². The number of halogens is 3. The molecule has 33 heavy (non-hydrogen) atoms. The highest BCUT2D eigenvalue weighted by atomic mass is 31.2. The second kappa shape index (κ2) is 9.24. The minimum atomic E-state index is -4.27. The van der Waals surface area contributed by atoms with E-state index < -0.39 is 25.7 Å². The van der Waals surface area contributed by atoms with Crippen molar-refractivity contribution in [3.05, 3.63) is 60.2 Å². The van der Waals surface area contributed by atoms with Crippen molar-refractivity contribution in [1.82, 2.24) is 24.6 Å². The molecular weight excluding hydrogens is 458 g/mol. The summed E-state index contributed by atoms with van der Waals surface area (Å²) < 4.78 is 52.3. The van der Waals surface area contributed by atoms with Gasteiger partial charge in [-0.15, -0.1) is 0 Å². The van der Waals surface area contributed by atoms with Crippen LogP contribution in [-0.2, 0) is 11.1 Å². The summed E-state index contributed by atoms with van der Waals surface area (Å²) in [7, 11) is -3.73. The largest absolute Gasteiger partial charge is 0.401 e. The Hall–Kier alpha value is -2.75. The zero-order chi connectivity index (χ0) is 23.6. The van der Waals surface area contributed by atoms with E-state index >= 15 is 0 Å². The zero-order valence-corrected chi connectivity index (χ0v) is 18.5. The molecular formula is C21H23F3N5O3P. The second-order valence-electron chi connectivity index (χ2n) is 8.07. The Morgan fingerprint density at radius 1 is 1.18 bits per heavy atom. The summed E-state index contributed by atoms with van der Waals surface area (Å²) in [4.78, 5) is 32.5. The number of fused-ring (bicyclic) bond motifs is 1. The summed E-state index contributed by atoms with van der Waals surface area (Å²) >= 11 is 0. The molecule has 1 aliphatic rings. The van der Waals surface area contributed by atoms with Gasteiger partial charge < -0.3 is 10.2 Å². The number of hydrogen-bond acceptors (Lipinski definition) is 5. The maximum absolute atomic E-state index is 13.0. The smallest absolute Gasteiger partial charge is 0.348 e. The average molecular weight is 481 g/mol. The molecule has 2 N–H and O–H groups in total. The third-order valence-corrected chi connectivity index (χ3v) is 8.27. The van der Waals surface area contributed by atoms with Crippen LogP contribution in [-0.4, -0.2) is 61.5 Å². The van der Waals surface area contributed by atoms with Crippen LogP contribution in [0.5, 0.6) is 0 Å². The van der Waals surface area contributed by atoms with E-state index in [1.807, 2.05) is 0 Å². The zero-order valence-electron chi connectivity index (χ0n) is 17.6. The lowest BCUT2D eigenvalue weighted by molar-refractivity contribution is -0.147. The molecule has 1 unspecified atom stereocenters. The molecule has 176 valence electrons. The van der Waals surface area contributed by atoms with Crippen LogP contribution in [0.25, 0.3) is 5.78 Å². The Morgan fingerprint density at radius 2 is 1.88 bits per heavy atom. The van der Waals surface area contributed by atoms with E-state index in [0.29, 0.717) is 11.3 Å². The number of nitrogens with one attached hydrogen (secondary N) is 1. The van der Waals surface area contributed by atoms with Gasteiger partial charge in [0.05, 0.1) is 12.1 Å². The predicted octanol–water partition coefficient (Wildman–Crippen LogP) is 2.58. The number of rotatable bonds is 6. The molecule has 1 atom stereocenters. The third-order valence-electron chi connectivity index (χ3n) is 5.72. The van der Waals surface area contributed by atoms with Crippen molar-refractivity contribution >= 4 is 24.4 Å². The SMILES string of the molecule is O=C(NCc1ccc(P(=O)(O)C2CCN(CC(F)(F)F)CC2)cc1)c1cnc2nccn2c1. The number of amides is 1. The molecule has 0 bridgehead atoms. The minimum absolute atomic E-state index is 0.137. The highest BCUT2D eigenvalue weighted by Crippen LogP contribution is 2.49. The number of benzene rings is 1. The molecule has 12 heteroatoms. The first-order valence-electron chi connectivity index (χ1n) is 10.4. The number of imidazole rings is 1. The second-order valence-corrected chi connectivity index (χ2v) is 10.6. The Morgan fingerprint density at radius 3 is 2.55 bits per heavy atom. The molecule has 1 fully saturated rings.